The second-order valence-corrected chi connectivity index (χ2v) is 5.75. The quantitative estimate of drug-likeness (QED) is 0.854. The van der Waals surface area contributed by atoms with Crippen molar-refractivity contribution in [2.45, 2.75) is 33.2 Å². The lowest BCUT2D eigenvalue weighted by molar-refractivity contribution is -0.922. The van der Waals surface area contributed by atoms with Gasteiger partial charge >= 0.3 is 0 Å². The molecule has 1 aromatic rings. The van der Waals surface area contributed by atoms with Crippen LogP contribution < -0.4 is 9.64 Å². The summed E-state index contributed by atoms with van der Waals surface area (Å²) in [6, 6.07) is 4.27. The minimum absolute atomic E-state index is 0.337. The van der Waals surface area contributed by atoms with Crippen LogP contribution >= 0.6 is 0 Å². The average molecular weight is 264 g/mol. The van der Waals surface area contributed by atoms with Gasteiger partial charge in [0.25, 0.3) is 0 Å². The first-order valence-corrected chi connectivity index (χ1v) is 7.23. The van der Waals surface area contributed by atoms with Crippen molar-refractivity contribution in [1.29, 1.82) is 0 Å². The van der Waals surface area contributed by atoms with Gasteiger partial charge in [-0.2, -0.15) is 0 Å². The molecule has 0 bridgehead atoms. The van der Waals surface area contributed by atoms with Gasteiger partial charge in [0.05, 0.1) is 26.8 Å². The smallest absolute Gasteiger partial charge is 0.122 e. The largest absolute Gasteiger partial charge is 0.496 e. The predicted molar refractivity (Wildman–Crippen MR) is 76.7 cm³/mol. The Labute approximate surface area is 116 Å². The first kappa shape index (κ1) is 14.4. The molecule has 0 saturated carbocycles. The Morgan fingerprint density at radius 2 is 2.11 bits per heavy atom. The lowest BCUT2D eigenvalue weighted by Crippen LogP contribution is -3.12. The van der Waals surface area contributed by atoms with E-state index >= 15 is 0 Å². The standard InChI is InChI=1S/C16H25NO2/c1-12-13(2)16(19-3)7-6-15(12)10-17-8-4-5-14(9-17)11-18/h6-7,14,18H,4-5,8-11H2,1-3H3/p+1/t14-/m1/s1. The van der Waals surface area contributed by atoms with E-state index in [1.54, 1.807) is 12.0 Å². The van der Waals surface area contributed by atoms with Gasteiger partial charge in [-0.05, 0) is 49.9 Å². The van der Waals surface area contributed by atoms with Crippen molar-refractivity contribution in [3.63, 3.8) is 0 Å². The summed E-state index contributed by atoms with van der Waals surface area (Å²) in [6.07, 6.45) is 2.41. The number of hydrogen-bond acceptors (Lipinski definition) is 2. The predicted octanol–water partition coefficient (Wildman–Crippen LogP) is 1.10. The highest BCUT2D eigenvalue weighted by molar-refractivity contribution is 5.43. The van der Waals surface area contributed by atoms with Crippen LogP contribution in [0.5, 0.6) is 5.75 Å². The van der Waals surface area contributed by atoms with Crippen molar-refractivity contribution in [3.05, 3.63) is 28.8 Å². The molecular weight excluding hydrogens is 238 g/mol. The summed E-state index contributed by atoms with van der Waals surface area (Å²) in [5.41, 5.74) is 4.00. The summed E-state index contributed by atoms with van der Waals surface area (Å²) in [6.45, 7) is 8.03. The molecule has 1 heterocycles. The SMILES string of the molecule is COc1ccc(C[NH+]2CCC[C@@H](CO)C2)c(C)c1C. The van der Waals surface area contributed by atoms with Crippen LogP contribution in [0.1, 0.15) is 29.5 Å². The lowest BCUT2D eigenvalue weighted by atomic mass is 9.97. The average Bonchev–Trinajstić information content (AvgIpc) is 2.44. The van der Waals surface area contributed by atoms with Crippen molar-refractivity contribution in [2.24, 2.45) is 5.92 Å². The molecular formula is C16H26NO2+. The third kappa shape index (κ3) is 3.28. The van der Waals surface area contributed by atoms with Crippen LogP contribution in [-0.4, -0.2) is 31.9 Å². The zero-order chi connectivity index (χ0) is 13.8. The second kappa shape index (κ2) is 6.40. The zero-order valence-electron chi connectivity index (χ0n) is 12.3. The summed E-state index contributed by atoms with van der Waals surface area (Å²) >= 11 is 0. The number of hydrogen-bond donors (Lipinski definition) is 2. The summed E-state index contributed by atoms with van der Waals surface area (Å²) in [4.78, 5) is 1.60. The fourth-order valence-electron chi connectivity index (χ4n) is 3.10. The highest BCUT2D eigenvalue weighted by atomic mass is 16.5. The molecule has 0 amide bonds. The molecule has 0 aliphatic carbocycles. The fraction of sp³-hybridized carbons (Fsp3) is 0.625. The van der Waals surface area contributed by atoms with Gasteiger partial charge in [0.2, 0.25) is 0 Å². The Balaban J connectivity index is 2.09. The van der Waals surface area contributed by atoms with Crippen molar-refractivity contribution in [1.82, 2.24) is 0 Å². The highest BCUT2D eigenvalue weighted by Gasteiger charge is 2.23. The van der Waals surface area contributed by atoms with E-state index in [4.69, 9.17) is 4.74 Å². The first-order chi connectivity index (χ1) is 9.15. The number of ether oxygens (including phenoxy) is 1. The molecule has 0 spiro atoms. The normalized spacial score (nSPS) is 23.4. The van der Waals surface area contributed by atoms with Gasteiger partial charge in [-0.1, -0.05) is 0 Å². The maximum absolute atomic E-state index is 9.31. The highest BCUT2D eigenvalue weighted by Crippen LogP contribution is 2.23. The van der Waals surface area contributed by atoms with E-state index < -0.39 is 0 Å². The van der Waals surface area contributed by atoms with Gasteiger partial charge < -0.3 is 14.7 Å². The van der Waals surface area contributed by atoms with Crippen molar-refractivity contribution >= 4 is 0 Å². The summed E-state index contributed by atoms with van der Waals surface area (Å²) in [5.74, 6) is 1.46. The number of aliphatic hydroxyl groups is 1. The number of piperidine rings is 1. The number of benzene rings is 1. The Morgan fingerprint density at radius 3 is 2.79 bits per heavy atom. The molecule has 0 radical (unpaired) electrons. The molecule has 1 aliphatic rings. The zero-order valence-corrected chi connectivity index (χ0v) is 12.3. The van der Waals surface area contributed by atoms with Gasteiger partial charge in [-0.25, -0.2) is 0 Å². The van der Waals surface area contributed by atoms with Crippen molar-refractivity contribution in [2.75, 3.05) is 26.8 Å². The number of aliphatic hydroxyl groups excluding tert-OH is 1. The number of rotatable bonds is 4. The van der Waals surface area contributed by atoms with Crippen LogP contribution in [-0.2, 0) is 6.54 Å². The van der Waals surface area contributed by atoms with Gasteiger partial charge in [-0.3, -0.25) is 0 Å². The Hall–Kier alpha value is -1.06. The van der Waals surface area contributed by atoms with E-state index in [9.17, 15) is 5.11 Å². The van der Waals surface area contributed by atoms with Crippen LogP contribution in [0.3, 0.4) is 0 Å². The molecule has 1 fully saturated rings. The third-order valence-corrected chi connectivity index (χ3v) is 4.49. The molecule has 2 rings (SSSR count). The molecule has 1 saturated heterocycles. The fourth-order valence-corrected chi connectivity index (χ4v) is 3.10. The maximum Gasteiger partial charge on any atom is 0.122 e. The van der Waals surface area contributed by atoms with Crippen LogP contribution in [0.25, 0.3) is 0 Å². The maximum atomic E-state index is 9.31. The van der Waals surface area contributed by atoms with Crippen molar-refractivity contribution < 1.29 is 14.7 Å². The number of nitrogens with one attached hydrogen (secondary N) is 1. The van der Waals surface area contributed by atoms with E-state index in [1.165, 1.54) is 36.1 Å². The van der Waals surface area contributed by atoms with Crippen LogP contribution in [0.2, 0.25) is 0 Å². The molecule has 1 aliphatic heterocycles. The number of quaternary nitrogens is 1. The van der Waals surface area contributed by atoms with E-state index in [0.29, 0.717) is 12.5 Å². The molecule has 106 valence electrons. The third-order valence-electron chi connectivity index (χ3n) is 4.49. The first-order valence-electron chi connectivity index (χ1n) is 7.23. The molecule has 1 aromatic carbocycles. The molecule has 3 heteroatoms. The topological polar surface area (TPSA) is 33.9 Å². The molecule has 0 aromatic heterocycles. The van der Waals surface area contributed by atoms with Crippen LogP contribution in [0, 0.1) is 19.8 Å². The number of likely N-dealkylation sites (tertiary alicyclic amines) is 1. The van der Waals surface area contributed by atoms with Crippen LogP contribution in [0.4, 0.5) is 0 Å². The van der Waals surface area contributed by atoms with Gasteiger partial charge in [0.1, 0.15) is 12.3 Å². The summed E-state index contributed by atoms with van der Waals surface area (Å²) < 4.78 is 5.37. The lowest BCUT2D eigenvalue weighted by Gasteiger charge is -2.29. The van der Waals surface area contributed by atoms with E-state index in [1.807, 2.05) is 0 Å². The van der Waals surface area contributed by atoms with Gasteiger partial charge in [0, 0.05) is 11.5 Å². The molecule has 3 nitrogen and oxygen atoms in total. The van der Waals surface area contributed by atoms with E-state index in [-0.39, 0.29) is 0 Å². The molecule has 1 unspecified atom stereocenters. The van der Waals surface area contributed by atoms with Crippen LogP contribution in [0.15, 0.2) is 12.1 Å². The van der Waals surface area contributed by atoms with Gasteiger partial charge in [0.15, 0.2) is 0 Å². The molecule has 2 N–H and O–H groups in total. The number of methoxy groups -OCH3 is 1. The summed E-state index contributed by atoms with van der Waals surface area (Å²) in [7, 11) is 1.73. The minimum atomic E-state index is 0.337. The molecule has 19 heavy (non-hydrogen) atoms. The monoisotopic (exact) mass is 264 g/mol. The van der Waals surface area contributed by atoms with Gasteiger partial charge in [-0.15, -0.1) is 0 Å². The summed E-state index contributed by atoms with van der Waals surface area (Å²) in [5, 5.41) is 9.31. The Kier molecular flexibility index (Phi) is 4.83. The second-order valence-electron chi connectivity index (χ2n) is 5.75. The molecule has 2 atom stereocenters. The van der Waals surface area contributed by atoms with E-state index in [2.05, 4.69) is 26.0 Å². The Morgan fingerprint density at radius 1 is 1.32 bits per heavy atom. The minimum Gasteiger partial charge on any atom is -0.496 e. The van der Waals surface area contributed by atoms with Crippen molar-refractivity contribution in [3.8, 4) is 5.75 Å². The van der Waals surface area contributed by atoms with E-state index in [0.717, 1.165) is 18.8 Å². The Bertz CT molecular complexity index is 431.